The Morgan fingerprint density at radius 1 is 1.28 bits per heavy atom. The number of carbonyl (C=O) groups is 3. The van der Waals surface area contributed by atoms with Crippen molar-refractivity contribution in [1.29, 1.82) is 0 Å². The molecule has 0 aromatic heterocycles. The van der Waals surface area contributed by atoms with E-state index >= 15 is 0 Å². The van der Waals surface area contributed by atoms with E-state index in [4.69, 9.17) is 11.2 Å². The van der Waals surface area contributed by atoms with Gasteiger partial charge in [-0.15, -0.1) is 6.42 Å². The first-order valence-corrected chi connectivity index (χ1v) is 11.8. The van der Waals surface area contributed by atoms with E-state index in [-0.39, 0.29) is 32.7 Å². The molecule has 1 aromatic rings. The van der Waals surface area contributed by atoms with Gasteiger partial charge in [0.25, 0.3) is 0 Å². The Balaban J connectivity index is 2.17. The molecule has 1 saturated heterocycles. The van der Waals surface area contributed by atoms with E-state index in [1.165, 1.54) is 4.90 Å². The number of rotatable bonds is 12. The lowest BCUT2D eigenvalue weighted by atomic mass is 10.1. The fourth-order valence-electron chi connectivity index (χ4n) is 3.97. The summed E-state index contributed by atoms with van der Waals surface area (Å²) in [6.07, 6.45) is 1.39. The van der Waals surface area contributed by atoms with Gasteiger partial charge in [0.15, 0.2) is 0 Å². The third-order valence-corrected chi connectivity index (χ3v) is 6.05. The Morgan fingerprint density at radius 3 is 2.58 bits per heavy atom. The molecule has 0 saturated carbocycles. The van der Waals surface area contributed by atoms with E-state index in [9.17, 15) is 27.6 Å². The molecular formula is C25H33F3N4O4. The Labute approximate surface area is 209 Å². The largest absolute Gasteiger partial charge is 0.471 e. The zero-order valence-corrected chi connectivity index (χ0v) is 20.5. The van der Waals surface area contributed by atoms with Crippen LogP contribution in [0.4, 0.5) is 13.2 Å². The third-order valence-electron chi connectivity index (χ3n) is 6.05. The molecule has 0 spiro atoms. The van der Waals surface area contributed by atoms with Crippen LogP contribution in [-0.2, 0) is 25.5 Å². The highest BCUT2D eigenvalue weighted by Gasteiger charge is 2.44. The standard InChI is InChI=1S/C25H33F3N4O4/c1-4-15-36-17-21(30-22(33)18(2)29-3)23(34)32-13-8-11-20(32)16-31(24(35)25(26,27)28)14-12-19-9-6-5-7-10-19/h1,5-7,9-10,18,20-21,29H,8,11-17H2,2-3H3,(H,30,33)/t18-,20-,21-/m0/s1. The minimum Gasteiger partial charge on any atom is -0.366 e. The van der Waals surface area contributed by atoms with Crippen LogP contribution < -0.4 is 10.6 Å². The van der Waals surface area contributed by atoms with E-state index < -0.39 is 42.0 Å². The molecule has 1 aromatic carbocycles. The highest BCUT2D eigenvalue weighted by Crippen LogP contribution is 2.24. The molecule has 1 aliphatic heterocycles. The van der Waals surface area contributed by atoms with Gasteiger partial charge in [0, 0.05) is 25.7 Å². The number of benzene rings is 1. The number of nitrogens with one attached hydrogen (secondary N) is 2. The average Bonchev–Trinajstić information content (AvgIpc) is 3.32. The van der Waals surface area contributed by atoms with Gasteiger partial charge in [-0.1, -0.05) is 36.3 Å². The molecule has 1 aliphatic rings. The highest BCUT2D eigenvalue weighted by molar-refractivity contribution is 5.90. The van der Waals surface area contributed by atoms with Gasteiger partial charge in [0.1, 0.15) is 12.6 Å². The molecule has 8 nitrogen and oxygen atoms in total. The molecule has 36 heavy (non-hydrogen) atoms. The van der Waals surface area contributed by atoms with Crippen LogP contribution in [0.25, 0.3) is 0 Å². The molecule has 198 valence electrons. The fraction of sp³-hybridized carbons (Fsp3) is 0.560. The van der Waals surface area contributed by atoms with Crippen LogP contribution in [0.15, 0.2) is 30.3 Å². The van der Waals surface area contributed by atoms with Crippen molar-refractivity contribution < 1.29 is 32.3 Å². The third kappa shape index (κ3) is 8.53. The van der Waals surface area contributed by atoms with E-state index in [1.54, 1.807) is 44.3 Å². The van der Waals surface area contributed by atoms with Crippen molar-refractivity contribution in [3.63, 3.8) is 0 Å². The maximum atomic E-state index is 13.4. The van der Waals surface area contributed by atoms with Gasteiger partial charge < -0.3 is 25.2 Å². The molecule has 0 radical (unpaired) electrons. The van der Waals surface area contributed by atoms with Crippen molar-refractivity contribution in [2.24, 2.45) is 0 Å². The van der Waals surface area contributed by atoms with Gasteiger partial charge in [-0.05, 0) is 38.8 Å². The summed E-state index contributed by atoms with van der Waals surface area (Å²) in [5.74, 6) is -0.586. The summed E-state index contributed by atoms with van der Waals surface area (Å²) in [5, 5.41) is 5.40. The lowest BCUT2D eigenvalue weighted by Crippen LogP contribution is -2.57. The van der Waals surface area contributed by atoms with Crippen LogP contribution in [0.3, 0.4) is 0 Å². The van der Waals surface area contributed by atoms with Gasteiger partial charge in [-0.3, -0.25) is 14.4 Å². The average molecular weight is 511 g/mol. The SMILES string of the molecule is C#CCOC[C@H](NC(=O)[C@H](C)NC)C(=O)N1CCC[C@H]1CN(CCc1ccccc1)C(=O)C(F)(F)F. The van der Waals surface area contributed by atoms with E-state index in [1.807, 2.05) is 0 Å². The Bertz CT molecular complexity index is 920. The summed E-state index contributed by atoms with van der Waals surface area (Å²) in [7, 11) is 1.59. The van der Waals surface area contributed by atoms with Crippen molar-refractivity contribution in [3.8, 4) is 12.3 Å². The first kappa shape index (κ1) is 29.1. The number of amides is 3. The van der Waals surface area contributed by atoms with E-state index in [2.05, 4.69) is 16.6 Å². The number of terminal acetylenes is 1. The topological polar surface area (TPSA) is 91.0 Å². The summed E-state index contributed by atoms with van der Waals surface area (Å²) < 4.78 is 45.3. The van der Waals surface area contributed by atoms with Crippen molar-refractivity contribution in [2.45, 2.75) is 50.5 Å². The van der Waals surface area contributed by atoms with Gasteiger partial charge in [-0.25, -0.2) is 0 Å². The van der Waals surface area contributed by atoms with Gasteiger partial charge >= 0.3 is 12.1 Å². The molecule has 3 atom stereocenters. The normalized spacial score (nSPS) is 17.2. The first-order chi connectivity index (χ1) is 17.1. The van der Waals surface area contributed by atoms with Gasteiger partial charge in [0.2, 0.25) is 11.8 Å². The minimum absolute atomic E-state index is 0.0714. The number of likely N-dealkylation sites (N-methyl/N-ethyl adjacent to an activating group) is 1. The number of hydrogen-bond donors (Lipinski definition) is 2. The molecule has 2 N–H and O–H groups in total. The number of halogens is 3. The quantitative estimate of drug-likeness (QED) is 0.327. The second-order valence-corrected chi connectivity index (χ2v) is 8.60. The van der Waals surface area contributed by atoms with Gasteiger partial charge in [-0.2, -0.15) is 13.2 Å². The van der Waals surface area contributed by atoms with Crippen LogP contribution in [0.1, 0.15) is 25.3 Å². The van der Waals surface area contributed by atoms with Crippen LogP contribution in [0, 0.1) is 12.3 Å². The maximum Gasteiger partial charge on any atom is 0.471 e. The maximum absolute atomic E-state index is 13.4. The molecule has 0 unspecified atom stereocenters. The van der Waals surface area contributed by atoms with Crippen molar-refractivity contribution in [3.05, 3.63) is 35.9 Å². The predicted molar refractivity (Wildman–Crippen MR) is 128 cm³/mol. The number of hydrogen-bond acceptors (Lipinski definition) is 5. The molecule has 2 rings (SSSR count). The fourth-order valence-corrected chi connectivity index (χ4v) is 3.97. The molecule has 1 heterocycles. The van der Waals surface area contributed by atoms with Crippen LogP contribution in [0.5, 0.6) is 0 Å². The monoisotopic (exact) mass is 510 g/mol. The molecule has 0 bridgehead atoms. The summed E-state index contributed by atoms with van der Waals surface area (Å²) in [5.41, 5.74) is 0.795. The highest BCUT2D eigenvalue weighted by atomic mass is 19.4. The predicted octanol–water partition coefficient (Wildman–Crippen LogP) is 1.35. The first-order valence-electron chi connectivity index (χ1n) is 11.8. The molecule has 1 fully saturated rings. The summed E-state index contributed by atoms with van der Waals surface area (Å²) in [6.45, 7) is 1.23. The molecule has 0 aliphatic carbocycles. The van der Waals surface area contributed by atoms with Gasteiger partial charge in [0.05, 0.1) is 12.6 Å². The molecular weight excluding hydrogens is 477 g/mol. The molecule has 11 heteroatoms. The number of nitrogens with zero attached hydrogens (tertiary/aromatic N) is 2. The van der Waals surface area contributed by atoms with Crippen molar-refractivity contribution in [2.75, 3.05) is 39.9 Å². The van der Waals surface area contributed by atoms with Crippen LogP contribution in [-0.4, -0.2) is 91.7 Å². The number of ether oxygens (including phenoxy) is 1. The molecule has 3 amide bonds. The zero-order chi connectivity index (χ0) is 26.7. The lowest BCUT2D eigenvalue weighted by molar-refractivity contribution is -0.186. The second-order valence-electron chi connectivity index (χ2n) is 8.60. The number of alkyl halides is 3. The second kappa shape index (κ2) is 13.8. The van der Waals surface area contributed by atoms with E-state index in [0.29, 0.717) is 19.4 Å². The summed E-state index contributed by atoms with van der Waals surface area (Å²) in [4.78, 5) is 40.1. The van der Waals surface area contributed by atoms with Crippen LogP contribution >= 0.6 is 0 Å². The Hall–Kier alpha value is -3.10. The number of likely N-dealkylation sites (tertiary alicyclic amines) is 1. The zero-order valence-electron chi connectivity index (χ0n) is 20.5. The Morgan fingerprint density at radius 2 is 1.97 bits per heavy atom. The lowest BCUT2D eigenvalue weighted by Gasteiger charge is -2.33. The number of carbonyl (C=O) groups excluding carboxylic acids is 3. The van der Waals surface area contributed by atoms with E-state index in [0.717, 1.165) is 10.5 Å². The smallest absolute Gasteiger partial charge is 0.366 e. The summed E-state index contributed by atoms with van der Waals surface area (Å²) >= 11 is 0. The minimum atomic E-state index is -5.03. The summed E-state index contributed by atoms with van der Waals surface area (Å²) in [6, 6.07) is 6.60. The van der Waals surface area contributed by atoms with Crippen LogP contribution in [0.2, 0.25) is 0 Å². The van der Waals surface area contributed by atoms with Crippen molar-refractivity contribution >= 4 is 17.7 Å². The van der Waals surface area contributed by atoms with Crippen molar-refractivity contribution in [1.82, 2.24) is 20.4 Å². The Kier molecular flexibility index (Phi) is 11.2.